The van der Waals surface area contributed by atoms with E-state index < -0.39 is 0 Å². The summed E-state index contributed by atoms with van der Waals surface area (Å²) in [7, 11) is 1.34. The van der Waals surface area contributed by atoms with Crippen LogP contribution in [0.5, 0.6) is 0 Å². The van der Waals surface area contributed by atoms with Gasteiger partial charge in [-0.15, -0.1) is 11.8 Å². The third-order valence-electron chi connectivity index (χ3n) is 0.602. The van der Waals surface area contributed by atoms with Gasteiger partial charge in [0.25, 0.3) is 0 Å². The Kier molecular flexibility index (Phi) is 4.90. The molecule has 0 saturated carbocycles. The molecule has 0 atom stereocenters. The largest absolute Gasteiger partial charge is 0.465 e. The molecule has 0 radical (unpaired) electrons. The maximum absolute atomic E-state index is 10.6. The van der Waals surface area contributed by atoms with Gasteiger partial charge in [0, 0.05) is 0 Å². The smallest absolute Gasteiger partial charge is 0.345 e. The molecule has 0 aliphatic heterocycles. The molecule has 0 fully saturated rings. The zero-order chi connectivity index (χ0) is 7.28. The lowest BCUT2D eigenvalue weighted by Crippen LogP contribution is -1.97. The van der Waals surface area contributed by atoms with Crippen LogP contribution in [-0.4, -0.2) is 19.3 Å². The number of halogens is 1. The molecule has 0 unspecified atom stereocenters. The second-order valence-corrected chi connectivity index (χ2v) is 2.75. The molecule has 0 rings (SSSR count). The van der Waals surface area contributed by atoms with Gasteiger partial charge >= 0.3 is 5.97 Å². The second-order valence-electron chi connectivity index (χ2n) is 1.19. The Bertz CT molecular complexity index is 133. The lowest BCUT2D eigenvalue weighted by Gasteiger charge is -1.93. The van der Waals surface area contributed by atoms with Crippen molar-refractivity contribution in [3.63, 3.8) is 0 Å². The normalized spacial score (nSPS) is 11.2. The number of rotatable bonds is 2. The van der Waals surface area contributed by atoms with E-state index in [1.54, 1.807) is 5.41 Å². The van der Waals surface area contributed by atoms with Crippen LogP contribution >= 0.6 is 27.7 Å². The molecular formula is C5H7BrO2S. The van der Waals surface area contributed by atoms with Crippen molar-refractivity contribution in [2.45, 2.75) is 0 Å². The molecule has 0 aliphatic rings. The van der Waals surface area contributed by atoms with Crippen molar-refractivity contribution >= 4 is 33.7 Å². The van der Waals surface area contributed by atoms with Gasteiger partial charge < -0.3 is 4.74 Å². The van der Waals surface area contributed by atoms with Crippen LogP contribution in [0.15, 0.2) is 9.89 Å². The summed E-state index contributed by atoms with van der Waals surface area (Å²) in [6, 6.07) is 0. The number of ether oxygens (including phenoxy) is 1. The lowest BCUT2D eigenvalue weighted by molar-refractivity contribution is -0.135. The maximum Gasteiger partial charge on any atom is 0.345 e. The van der Waals surface area contributed by atoms with Crippen LogP contribution < -0.4 is 0 Å². The molecule has 0 heterocycles. The van der Waals surface area contributed by atoms with Crippen LogP contribution in [0.1, 0.15) is 0 Å². The van der Waals surface area contributed by atoms with Crippen LogP contribution in [0, 0.1) is 0 Å². The summed E-state index contributed by atoms with van der Waals surface area (Å²) in [6.45, 7) is 0. The van der Waals surface area contributed by atoms with Gasteiger partial charge in [-0.05, 0) is 27.6 Å². The summed E-state index contributed by atoms with van der Waals surface area (Å²) in [5.74, 6) is -0.343. The van der Waals surface area contributed by atoms with E-state index >= 15 is 0 Å². The van der Waals surface area contributed by atoms with E-state index in [4.69, 9.17) is 0 Å². The highest BCUT2D eigenvalue weighted by Gasteiger charge is 2.02. The van der Waals surface area contributed by atoms with Gasteiger partial charge in [-0.3, -0.25) is 0 Å². The number of hydrogen-bond acceptors (Lipinski definition) is 3. The van der Waals surface area contributed by atoms with Crippen molar-refractivity contribution < 1.29 is 9.53 Å². The van der Waals surface area contributed by atoms with Crippen LogP contribution in [0.3, 0.4) is 0 Å². The fourth-order valence-electron chi connectivity index (χ4n) is 0.249. The second kappa shape index (κ2) is 4.88. The van der Waals surface area contributed by atoms with E-state index in [1.165, 1.54) is 18.9 Å². The van der Waals surface area contributed by atoms with Gasteiger partial charge in [0.05, 0.1) is 7.11 Å². The fourth-order valence-corrected chi connectivity index (χ4v) is 1.27. The molecule has 0 N–H and O–H groups in total. The monoisotopic (exact) mass is 210 g/mol. The number of carbonyl (C=O) groups excluding carboxylic acids is 1. The molecule has 0 aromatic heterocycles. The number of hydrogen-bond donors (Lipinski definition) is 0. The molecule has 52 valence electrons. The van der Waals surface area contributed by atoms with Crippen molar-refractivity contribution in [1.82, 2.24) is 0 Å². The summed E-state index contributed by atoms with van der Waals surface area (Å²) < 4.78 is 4.85. The summed E-state index contributed by atoms with van der Waals surface area (Å²) >= 11 is 4.47. The lowest BCUT2D eigenvalue weighted by atomic mass is 10.7. The predicted molar refractivity (Wildman–Crippen MR) is 42.5 cm³/mol. The fraction of sp³-hybridized carbons (Fsp3) is 0.400. The Morgan fingerprint density at radius 3 is 2.67 bits per heavy atom. The number of methoxy groups -OCH3 is 1. The van der Waals surface area contributed by atoms with Crippen molar-refractivity contribution in [2.24, 2.45) is 0 Å². The molecule has 9 heavy (non-hydrogen) atoms. The van der Waals surface area contributed by atoms with Gasteiger partial charge in [-0.25, -0.2) is 4.79 Å². The number of esters is 1. The molecular weight excluding hydrogens is 204 g/mol. The van der Waals surface area contributed by atoms with Gasteiger partial charge in [0.2, 0.25) is 0 Å². The minimum absolute atomic E-state index is 0.343. The summed E-state index contributed by atoms with van der Waals surface area (Å²) in [4.78, 5) is 10.6. The van der Waals surface area contributed by atoms with Crippen molar-refractivity contribution in [1.29, 1.82) is 0 Å². The first kappa shape index (κ1) is 9.04. The molecule has 0 amide bonds. The molecule has 0 aromatic rings. The first-order valence-electron chi connectivity index (χ1n) is 2.19. The van der Waals surface area contributed by atoms with E-state index in [1.807, 2.05) is 6.26 Å². The molecule has 0 spiro atoms. The van der Waals surface area contributed by atoms with Gasteiger partial charge in [-0.1, -0.05) is 0 Å². The number of thioether (sulfide) groups is 1. The van der Waals surface area contributed by atoms with Crippen LogP contribution in [-0.2, 0) is 9.53 Å². The molecule has 0 saturated heterocycles. The first-order valence-corrected chi connectivity index (χ1v) is 4.27. The van der Waals surface area contributed by atoms with E-state index in [9.17, 15) is 4.79 Å². The van der Waals surface area contributed by atoms with Crippen LogP contribution in [0.4, 0.5) is 0 Å². The third-order valence-corrected chi connectivity index (χ3v) is 1.93. The SMILES string of the molecule is COC(=O)/C(Br)=C/SC. The van der Waals surface area contributed by atoms with Crippen molar-refractivity contribution in [3.8, 4) is 0 Å². The van der Waals surface area contributed by atoms with Gasteiger partial charge in [0.15, 0.2) is 0 Å². The Balaban J connectivity index is 3.86. The molecule has 4 heteroatoms. The van der Waals surface area contributed by atoms with Gasteiger partial charge in [0.1, 0.15) is 4.48 Å². The summed E-state index contributed by atoms with van der Waals surface area (Å²) in [6.07, 6.45) is 1.87. The predicted octanol–water partition coefficient (Wildman–Crippen LogP) is 1.76. The van der Waals surface area contributed by atoms with Crippen molar-refractivity contribution in [2.75, 3.05) is 13.4 Å². The Morgan fingerprint density at radius 1 is 1.78 bits per heavy atom. The average molecular weight is 211 g/mol. The minimum Gasteiger partial charge on any atom is -0.465 e. The van der Waals surface area contributed by atoms with E-state index in [0.717, 1.165) is 0 Å². The standard InChI is InChI=1S/C5H7BrO2S/c1-8-5(7)4(6)3-9-2/h3H,1-2H3/b4-3-. The molecule has 0 bridgehead atoms. The molecule has 2 nitrogen and oxygen atoms in total. The molecule has 0 aliphatic carbocycles. The zero-order valence-electron chi connectivity index (χ0n) is 5.18. The highest BCUT2D eigenvalue weighted by atomic mass is 79.9. The Morgan fingerprint density at radius 2 is 2.33 bits per heavy atom. The highest BCUT2D eigenvalue weighted by Crippen LogP contribution is 2.11. The van der Waals surface area contributed by atoms with E-state index in [-0.39, 0.29) is 5.97 Å². The Labute approximate surface area is 66.8 Å². The van der Waals surface area contributed by atoms with E-state index in [0.29, 0.717) is 4.48 Å². The highest BCUT2D eigenvalue weighted by molar-refractivity contribution is 9.12. The van der Waals surface area contributed by atoms with Gasteiger partial charge in [-0.2, -0.15) is 0 Å². The average Bonchev–Trinajstić information content (AvgIpc) is 1.87. The van der Waals surface area contributed by atoms with Crippen LogP contribution in [0.2, 0.25) is 0 Å². The third kappa shape index (κ3) is 3.59. The topological polar surface area (TPSA) is 26.3 Å². The quantitative estimate of drug-likeness (QED) is 0.514. The first-order chi connectivity index (χ1) is 4.22. The maximum atomic E-state index is 10.6. The zero-order valence-corrected chi connectivity index (χ0v) is 7.58. The summed E-state index contributed by atoms with van der Waals surface area (Å²) in [5.41, 5.74) is 0. The van der Waals surface area contributed by atoms with Crippen molar-refractivity contribution in [3.05, 3.63) is 9.89 Å². The summed E-state index contributed by atoms with van der Waals surface area (Å²) in [5, 5.41) is 1.67. The van der Waals surface area contributed by atoms with Crippen LogP contribution in [0.25, 0.3) is 0 Å². The minimum atomic E-state index is -0.343. The van der Waals surface area contributed by atoms with E-state index in [2.05, 4.69) is 20.7 Å². The Hall–Kier alpha value is 0.0400. The number of carbonyl (C=O) groups is 1. The molecule has 0 aromatic carbocycles.